The molecule has 2 aliphatic carbocycles. The van der Waals surface area contributed by atoms with Crippen molar-refractivity contribution in [1.29, 1.82) is 0 Å². The van der Waals surface area contributed by atoms with E-state index in [0.717, 1.165) is 17.5 Å². The average molecular weight is 356 g/mol. The first kappa shape index (κ1) is 16.6. The molecule has 5 rings (SSSR count). The van der Waals surface area contributed by atoms with Crippen molar-refractivity contribution < 1.29 is 0 Å². The lowest BCUT2D eigenvalue weighted by molar-refractivity contribution is 1.45. The average Bonchev–Trinajstić information content (AvgIpc) is 3.43. The van der Waals surface area contributed by atoms with Crippen molar-refractivity contribution in [3.63, 3.8) is 0 Å². The molecule has 0 fully saturated rings. The third-order valence-corrected chi connectivity index (χ3v) is 5.62. The van der Waals surface area contributed by atoms with Crippen LogP contribution in [0, 0.1) is 0 Å². The van der Waals surface area contributed by atoms with E-state index in [1.165, 1.54) is 44.2 Å². The van der Waals surface area contributed by atoms with Gasteiger partial charge in [0.25, 0.3) is 0 Å². The number of fused-ring (bicyclic) bond motifs is 2. The van der Waals surface area contributed by atoms with Crippen molar-refractivity contribution in [2.45, 2.75) is 6.42 Å². The van der Waals surface area contributed by atoms with Crippen LogP contribution in [0.5, 0.6) is 0 Å². The number of allylic oxidation sites excluding steroid dienone is 4. The van der Waals surface area contributed by atoms with Crippen LogP contribution < -0.4 is 0 Å². The van der Waals surface area contributed by atoms with Crippen molar-refractivity contribution in [2.24, 2.45) is 0 Å². The highest BCUT2D eigenvalue weighted by atomic mass is 14.2. The van der Waals surface area contributed by atoms with Crippen molar-refractivity contribution >= 4 is 40.6 Å². The van der Waals surface area contributed by atoms with Gasteiger partial charge in [0.05, 0.1) is 0 Å². The lowest BCUT2D eigenvalue weighted by Crippen LogP contribution is -1.98. The van der Waals surface area contributed by atoms with E-state index in [9.17, 15) is 0 Å². The van der Waals surface area contributed by atoms with Crippen molar-refractivity contribution in [2.75, 3.05) is 0 Å². The standard InChI is InChI=1S/C28H20/c1-3-23-24(4-2)28(22-17-16-19-12-9-13-21(19)18-22)26-15-8-7-14-25(26)27(23)20-10-5-6-11-20/h3-5,7-8,10-18H,1-2,6H2. The quantitative estimate of drug-likeness (QED) is 0.328. The Kier molecular flexibility index (Phi) is 3.86. The molecule has 3 aromatic rings. The van der Waals surface area contributed by atoms with Gasteiger partial charge >= 0.3 is 0 Å². The van der Waals surface area contributed by atoms with Gasteiger partial charge in [0.1, 0.15) is 0 Å². The predicted octanol–water partition coefficient (Wildman–Crippen LogP) is 7.78. The molecule has 0 unspecified atom stereocenters. The zero-order chi connectivity index (χ0) is 19.1. The van der Waals surface area contributed by atoms with E-state index in [4.69, 9.17) is 0 Å². The minimum atomic E-state index is 0.982. The summed E-state index contributed by atoms with van der Waals surface area (Å²) in [6.07, 6.45) is 15.7. The SMILES string of the molecule is C=Cc1c(C=C)c(-c2ccc3c(c2)C=C=C3)c2ccccc2c1C1=CCC=C1. The lowest BCUT2D eigenvalue weighted by atomic mass is 9.83. The van der Waals surface area contributed by atoms with Gasteiger partial charge in [-0.2, -0.15) is 0 Å². The molecule has 0 bridgehead atoms. The maximum absolute atomic E-state index is 4.16. The van der Waals surface area contributed by atoms with Crippen LogP contribution >= 0.6 is 0 Å². The molecule has 28 heavy (non-hydrogen) atoms. The van der Waals surface area contributed by atoms with Crippen molar-refractivity contribution in [3.8, 4) is 11.1 Å². The predicted molar refractivity (Wildman–Crippen MR) is 124 cm³/mol. The summed E-state index contributed by atoms with van der Waals surface area (Å²) < 4.78 is 0. The first-order chi connectivity index (χ1) is 13.8. The Balaban J connectivity index is 1.92. The van der Waals surface area contributed by atoms with E-state index in [1.807, 2.05) is 24.3 Å². The Bertz CT molecular complexity index is 1290. The monoisotopic (exact) mass is 356 g/mol. The second-order valence-corrected chi connectivity index (χ2v) is 7.13. The lowest BCUT2D eigenvalue weighted by Gasteiger charge is -2.20. The fourth-order valence-electron chi connectivity index (χ4n) is 4.38. The van der Waals surface area contributed by atoms with Gasteiger partial charge < -0.3 is 0 Å². The van der Waals surface area contributed by atoms with Gasteiger partial charge in [-0.15, -0.1) is 5.73 Å². The van der Waals surface area contributed by atoms with Gasteiger partial charge in [0, 0.05) is 0 Å². The highest BCUT2D eigenvalue weighted by Gasteiger charge is 2.20. The number of hydrogen-bond acceptors (Lipinski definition) is 0. The maximum atomic E-state index is 4.16. The van der Waals surface area contributed by atoms with E-state index in [-0.39, 0.29) is 0 Å². The van der Waals surface area contributed by atoms with Gasteiger partial charge in [-0.1, -0.05) is 79.9 Å². The van der Waals surface area contributed by atoms with Crippen LogP contribution in [0.2, 0.25) is 0 Å². The minimum absolute atomic E-state index is 0.982. The van der Waals surface area contributed by atoms with E-state index in [1.54, 1.807) is 0 Å². The first-order valence-corrected chi connectivity index (χ1v) is 9.59. The highest BCUT2D eigenvalue weighted by molar-refractivity contribution is 6.10. The largest absolute Gasteiger partial charge is 0.120 e. The van der Waals surface area contributed by atoms with Crippen LogP contribution in [-0.4, -0.2) is 0 Å². The summed E-state index contributed by atoms with van der Waals surface area (Å²) in [6, 6.07) is 15.3. The second-order valence-electron chi connectivity index (χ2n) is 7.13. The molecule has 0 amide bonds. The highest BCUT2D eigenvalue weighted by Crippen LogP contribution is 2.43. The molecule has 0 saturated carbocycles. The molecular formula is C28H20. The smallest absolute Gasteiger partial charge is 0.00264 e. The van der Waals surface area contributed by atoms with Gasteiger partial charge in [0.15, 0.2) is 0 Å². The summed E-state index contributed by atoms with van der Waals surface area (Å²) in [6.45, 7) is 8.31. The van der Waals surface area contributed by atoms with Crippen molar-refractivity contribution in [1.82, 2.24) is 0 Å². The molecule has 0 aliphatic heterocycles. The Morgan fingerprint density at radius 2 is 1.54 bits per heavy atom. The van der Waals surface area contributed by atoms with E-state index >= 15 is 0 Å². The molecule has 0 heteroatoms. The Labute approximate surface area is 165 Å². The molecule has 0 saturated heterocycles. The summed E-state index contributed by atoms with van der Waals surface area (Å²) >= 11 is 0. The zero-order valence-corrected chi connectivity index (χ0v) is 15.7. The third kappa shape index (κ3) is 2.40. The summed E-state index contributed by atoms with van der Waals surface area (Å²) in [5, 5.41) is 2.50. The molecule has 3 aromatic carbocycles. The minimum Gasteiger partial charge on any atom is -0.120 e. The Hall–Kier alpha value is -3.60. The molecule has 0 N–H and O–H groups in total. The topological polar surface area (TPSA) is 0 Å². The molecule has 0 radical (unpaired) electrons. The van der Waals surface area contributed by atoms with Gasteiger partial charge in [-0.05, 0) is 79.9 Å². The fraction of sp³-hybridized carbons (Fsp3) is 0.0357. The number of hydrogen-bond donors (Lipinski definition) is 0. The van der Waals surface area contributed by atoms with Crippen LogP contribution in [0.15, 0.2) is 79.6 Å². The van der Waals surface area contributed by atoms with Gasteiger partial charge in [-0.25, -0.2) is 0 Å². The third-order valence-electron chi connectivity index (χ3n) is 5.62. The van der Waals surface area contributed by atoms with Crippen LogP contribution in [0.1, 0.15) is 34.2 Å². The number of benzene rings is 3. The summed E-state index contributed by atoms with van der Waals surface area (Å²) in [5.41, 5.74) is 12.8. The zero-order valence-electron chi connectivity index (χ0n) is 15.7. The van der Waals surface area contributed by atoms with E-state index in [0.29, 0.717) is 0 Å². The Morgan fingerprint density at radius 3 is 2.25 bits per heavy atom. The van der Waals surface area contributed by atoms with Gasteiger partial charge in [0.2, 0.25) is 0 Å². The molecule has 0 atom stereocenters. The molecule has 0 aromatic heterocycles. The van der Waals surface area contributed by atoms with Crippen LogP contribution in [0.4, 0.5) is 0 Å². The molecule has 0 heterocycles. The maximum Gasteiger partial charge on any atom is -0.00264 e. The second kappa shape index (κ2) is 6.53. The Morgan fingerprint density at radius 1 is 0.821 bits per heavy atom. The molecular weight excluding hydrogens is 336 g/mol. The van der Waals surface area contributed by atoms with Gasteiger partial charge in [-0.3, -0.25) is 0 Å². The number of rotatable bonds is 4. The normalized spacial score (nSPS) is 13.8. The van der Waals surface area contributed by atoms with E-state index < -0.39 is 0 Å². The molecule has 0 nitrogen and oxygen atoms in total. The molecule has 0 spiro atoms. The summed E-state index contributed by atoms with van der Waals surface area (Å²) in [4.78, 5) is 0. The van der Waals surface area contributed by atoms with Crippen molar-refractivity contribution in [3.05, 3.63) is 107 Å². The van der Waals surface area contributed by atoms with Crippen LogP contribution in [0.3, 0.4) is 0 Å². The van der Waals surface area contributed by atoms with Crippen LogP contribution in [-0.2, 0) is 0 Å². The molecule has 2 aliphatic rings. The van der Waals surface area contributed by atoms with Crippen LogP contribution in [0.25, 0.3) is 51.8 Å². The fourth-order valence-corrected chi connectivity index (χ4v) is 4.38. The van der Waals surface area contributed by atoms with E-state index in [2.05, 4.69) is 79.6 Å². The first-order valence-electron chi connectivity index (χ1n) is 9.59. The summed E-state index contributed by atoms with van der Waals surface area (Å²) in [7, 11) is 0. The summed E-state index contributed by atoms with van der Waals surface area (Å²) in [5.74, 6) is 0. The molecule has 132 valence electrons.